The van der Waals surface area contributed by atoms with E-state index in [9.17, 15) is 23.7 Å². The van der Waals surface area contributed by atoms with Crippen LogP contribution < -0.4 is 20.7 Å². The third-order valence-corrected chi connectivity index (χ3v) is 11.1. The van der Waals surface area contributed by atoms with Crippen LogP contribution in [0.5, 0.6) is 5.75 Å². The summed E-state index contributed by atoms with van der Waals surface area (Å²) in [6.45, 7) is 0.287. The molecule has 2 aromatic carbocycles. The number of aromatic amines is 1. The van der Waals surface area contributed by atoms with Gasteiger partial charge in [-0.2, -0.15) is 0 Å². The zero-order valence-corrected chi connectivity index (χ0v) is 32.4. The van der Waals surface area contributed by atoms with Crippen LogP contribution in [0, 0.1) is 25.1 Å². The Morgan fingerprint density at radius 1 is 0.964 bits per heavy atom. The molecule has 1 aromatic heterocycles. The standard InChI is InChI=1S/C40H48N7O8P/c1-5-54-56(52,55-6-2)27-53-32-19-16-28(17-20-32)22-36(46(3)4)39(50)44-33-15-11-10-14-31-18-21-35(47(31)40(33)51)38(49)45-34(23-30-25-41-26-43-30)37(48)42-24-29-12-8-7-9-13-29/h1-2,7-9,12-13,16-17,19-20,25-26,31,33-36H,10-11,14-15,18,21-24,27H2,3-4H3,(H,41,43)(H,42,48)(H,44,50)(H,45,49)/t31?,33-,34-,35-,36-/m0/s1. The van der Waals surface area contributed by atoms with Crippen molar-refractivity contribution in [1.82, 2.24) is 35.7 Å². The van der Waals surface area contributed by atoms with E-state index in [1.807, 2.05) is 30.3 Å². The average molecular weight is 786 g/mol. The fraction of sp³-hybridized carbons (Fsp3) is 0.425. The van der Waals surface area contributed by atoms with Crippen LogP contribution in [0.2, 0.25) is 0 Å². The number of rotatable bonds is 17. The fourth-order valence-corrected chi connectivity index (χ4v) is 7.80. The Labute approximate surface area is 327 Å². The van der Waals surface area contributed by atoms with Crippen molar-refractivity contribution in [3.8, 4) is 30.8 Å². The Kier molecular flexibility index (Phi) is 14.6. The molecule has 16 heteroatoms. The summed E-state index contributed by atoms with van der Waals surface area (Å²) < 4.78 is 27.4. The van der Waals surface area contributed by atoms with E-state index >= 15 is 0 Å². The third-order valence-electron chi connectivity index (χ3n) is 9.92. The molecule has 2 aliphatic rings. The molecule has 5 rings (SSSR count). The van der Waals surface area contributed by atoms with Crippen LogP contribution in [0.15, 0.2) is 67.1 Å². The lowest BCUT2D eigenvalue weighted by atomic mass is 9.98. The molecule has 56 heavy (non-hydrogen) atoms. The summed E-state index contributed by atoms with van der Waals surface area (Å²) in [4.78, 5) is 66.2. The monoisotopic (exact) mass is 785 g/mol. The number of carbonyl (C=O) groups is 4. The van der Waals surface area contributed by atoms with E-state index in [4.69, 9.17) is 17.6 Å². The predicted octanol–water partition coefficient (Wildman–Crippen LogP) is 3.09. The van der Waals surface area contributed by atoms with Gasteiger partial charge in [-0.1, -0.05) is 68.2 Å². The van der Waals surface area contributed by atoms with E-state index in [2.05, 4.69) is 35.0 Å². The van der Waals surface area contributed by atoms with Crippen LogP contribution >= 0.6 is 7.60 Å². The highest BCUT2D eigenvalue weighted by Gasteiger charge is 2.45. The molecule has 3 aromatic rings. The number of amides is 4. The largest absolute Gasteiger partial charge is 0.484 e. The number of ether oxygens (including phenoxy) is 1. The van der Waals surface area contributed by atoms with Crippen molar-refractivity contribution >= 4 is 31.2 Å². The molecule has 3 heterocycles. The summed E-state index contributed by atoms with van der Waals surface area (Å²) in [5, 5.41) is 8.85. The summed E-state index contributed by atoms with van der Waals surface area (Å²) in [7, 11) is -0.291. The van der Waals surface area contributed by atoms with Crippen molar-refractivity contribution < 1.29 is 37.5 Å². The number of fused-ring (bicyclic) bond motifs is 1. The van der Waals surface area contributed by atoms with Gasteiger partial charge in [0.05, 0.1) is 18.1 Å². The minimum Gasteiger partial charge on any atom is -0.478 e. The van der Waals surface area contributed by atoms with Crippen molar-refractivity contribution in [1.29, 1.82) is 0 Å². The Hall–Kier alpha value is -5.76. The molecule has 0 aliphatic carbocycles. The number of aromatic nitrogens is 2. The highest BCUT2D eigenvalue weighted by atomic mass is 31.2. The topological polar surface area (TPSA) is 184 Å². The molecule has 1 unspecified atom stereocenters. The van der Waals surface area contributed by atoms with Crippen LogP contribution in [-0.4, -0.2) is 94.0 Å². The molecule has 0 radical (unpaired) electrons. The lowest BCUT2D eigenvalue weighted by Crippen LogP contribution is -2.59. The van der Waals surface area contributed by atoms with Gasteiger partial charge in [0.15, 0.2) is 0 Å². The molecule has 4 N–H and O–H groups in total. The zero-order valence-electron chi connectivity index (χ0n) is 31.5. The molecule has 4 amide bonds. The smallest absolute Gasteiger partial charge is 0.478 e. The van der Waals surface area contributed by atoms with Crippen molar-refractivity contribution in [3.05, 3.63) is 83.9 Å². The highest BCUT2D eigenvalue weighted by molar-refractivity contribution is 7.53. The molecule has 0 bridgehead atoms. The molecule has 2 fully saturated rings. The number of carbonyl (C=O) groups excluding carboxylic acids is 4. The lowest BCUT2D eigenvalue weighted by Gasteiger charge is -2.36. The Balaban J connectivity index is 1.24. The van der Waals surface area contributed by atoms with Gasteiger partial charge in [0, 0.05) is 25.2 Å². The molecule has 5 atom stereocenters. The maximum atomic E-state index is 14.3. The van der Waals surface area contributed by atoms with Gasteiger partial charge < -0.3 is 39.6 Å². The Bertz CT molecular complexity index is 1910. The first-order valence-electron chi connectivity index (χ1n) is 18.5. The van der Waals surface area contributed by atoms with E-state index < -0.39 is 44.0 Å². The summed E-state index contributed by atoms with van der Waals surface area (Å²) in [5.74, 6) is -1.08. The molecule has 0 spiro atoms. The van der Waals surface area contributed by atoms with E-state index in [-0.39, 0.29) is 36.7 Å². The van der Waals surface area contributed by atoms with Gasteiger partial charge >= 0.3 is 7.60 Å². The minimum absolute atomic E-state index is 0.158. The van der Waals surface area contributed by atoms with Crippen LogP contribution in [0.4, 0.5) is 0 Å². The van der Waals surface area contributed by atoms with Gasteiger partial charge in [0.2, 0.25) is 30.0 Å². The van der Waals surface area contributed by atoms with E-state index in [1.54, 1.807) is 66.6 Å². The molecular formula is C40H48N7O8P. The molecule has 15 nitrogen and oxygen atoms in total. The number of nitrogens with zero attached hydrogens (tertiary/aromatic N) is 3. The molecular weight excluding hydrogens is 737 g/mol. The first-order valence-corrected chi connectivity index (χ1v) is 20.2. The van der Waals surface area contributed by atoms with Crippen molar-refractivity contribution in [3.63, 3.8) is 0 Å². The second-order valence-corrected chi connectivity index (χ2v) is 15.8. The van der Waals surface area contributed by atoms with Gasteiger partial charge in [-0.3, -0.25) is 24.1 Å². The number of benzene rings is 2. The molecule has 2 saturated heterocycles. The quantitative estimate of drug-likeness (QED) is 0.117. The zero-order chi connectivity index (χ0) is 40.1. The number of imidazole rings is 1. The normalized spacial score (nSPS) is 19.2. The second kappa shape index (κ2) is 19.7. The number of hydrogen-bond donors (Lipinski definition) is 4. The van der Waals surface area contributed by atoms with Crippen LogP contribution in [-0.2, 0) is 52.2 Å². The fourth-order valence-electron chi connectivity index (χ4n) is 7.03. The van der Waals surface area contributed by atoms with Crippen molar-refractivity contribution in [2.75, 3.05) is 20.4 Å². The van der Waals surface area contributed by atoms with Gasteiger partial charge in [-0.15, -0.1) is 0 Å². The number of terminal acetylenes is 2. The number of nitrogens with one attached hydrogen (secondary N) is 4. The van der Waals surface area contributed by atoms with E-state index in [1.165, 1.54) is 6.33 Å². The number of likely N-dealkylation sites (N-methyl/N-ethyl adjacent to an activating group) is 1. The third kappa shape index (κ3) is 11.2. The van der Waals surface area contributed by atoms with Crippen LogP contribution in [0.3, 0.4) is 0 Å². The number of hydrogen-bond acceptors (Lipinski definition) is 10. The van der Waals surface area contributed by atoms with E-state index in [0.29, 0.717) is 37.1 Å². The summed E-state index contributed by atoms with van der Waals surface area (Å²) in [6, 6.07) is 12.9. The van der Waals surface area contributed by atoms with Crippen LogP contribution in [0.1, 0.15) is 55.3 Å². The summed E-state index contributed by atoms with van der Waals surface area (Å²) in [6.07, 6.45) is 20.7. The Morgan fingerprint density at radius 3 is 2.34 bits per heavy atom. The van der Waals surface area contributed by atoms with Crippen molar-refractivity contribution in [2.24, 2.45) is 0 Å². The van der Waals surface area contributed by atoms with Gasteiger partial charge in [-0.25, -0.2) is 9.55 Å². The highest BCUT2D eigenvalue weighted by Crippen LogP contribution is 2.47. The minimum atomic E-state index is -3.85. The SMILES string of the molecule is C#COP(=O)(COc1ccc(C[C@@H](C(=O)N[C@H]2CCCCC3CC[C@@H](C(=O)N[C@@H](Cc4c[nH]cn4)C(=O)NCc4ccccc4)N3C2=O)N(C)C)cc1)OC#C. The van der Waals surface area contributed by atoms with Gasteiger partial charge in [0.25, 0.3) is 0 Å². The second-order valence-electron chi connectivity index (χ2n) is 14.0. The summed E-state index contributed by atoms with van der Waals surface area (Å²) in [5.41, 5.74) is 2.32. The molecule has 2 aliphatic heterocycles. The maximum Gasteiger partial charge on any atom is 0.484 e. The Morgan fingerprint density at radius 2 is 1.68 bits per heavy atom. The first kappa shape index (κ1) is 41.4. The summed E-state index contributed by atoms with van der Waals surface area (Å²) >= 11 is 0. The van der Waals surface area contributed by atoms with Crippen LogP contribution in [0.25, 0.3) is 0 Å². The first-order chi connectivity index (χ1) is 27.0. The number of H-pyrrole nitrogens is 1. The average Bonchev–Trinajstić information content (AvgIpc) is 3.86. The maximum absolute atomic E-state index is 14.3. The van der Waals surface area contributed by atoms with Gasteiger partial charge in [0.1, 0.15) is 36.1 Å². The molecule has 0 saturated carbocycles. The van der Waals surface area contributed by atoms with Crippen molar-refractivity contribution in [2.45, 2.75) is 88.1 Å². The molecule has 296 valence electrons. The van der Waals surface area contributed by atoms with E-state index in [0.717, 1.165) is 30.4 Å². The lowest BCUT2D eigenvalue weighted by molar-refractivity contribution is -0.145. The van der Waals surface area contributed by atoms with Gasteiger partial charge in [-0.05, 0) is 69.5 Å². The predicted molar refractivity (Wildman–Crippen MR) is 207 cm³/mol.